The Kier molecular flexibility index (Phi) is 5.22. The van der Waals surface area contributed by atoms with Crippen LogP contribution in [-0.2, 0) is 24.9 Å². The summed E-state index contributed by atoms with van der Waals surface area (Å²) in [6, 6.07) is 0. The van der Waals surface area contributed by atoms with Gasteiger partial charge in [-0.2, -0.15) is 0 Å². The molecule has 0 aliphatic rings. The predicted octanol–water partition coefficient (Wildman–Crippen LogP) is -1.12. The highest BCUT2D eigenvalue weighted by atomic mass is 32.2. The van der Waals surface area contributed by atoms with E-state index in [1.165, 1.54) is 0 Å². The average Bonchev–Trinajstić information content (AvgIpc) is 1.98. The SMILES string of the molecule is CN(O[SH](=O)=O)C(=O)CCC=O. The van der Waals surface area contributed by atoms with Gasteiger partial charge in [0.25, 0.3) is 11.0 Å². The molecule has 0 saturated heterocycles. The Labute approximate surface area is 71.2 Å². The fraction of sp³-hybridized carbons (Fsp3) is 0.600. The quantitative estimate of drug-likeness (QED) is 0.341. The molecular formula is C5H9NO5S. The molecule has 0 aromatic heterocycles. The van der Waals surface area contributed by atoms with Gasteiger partial charge in [0.15, 0.2) is 0 Å². The molecule has 7 heteroatoms. The Morgan fingerprint density at radius 2 is 2.17 bits per heavy atom. The van der Waals surface area contributed by atoms with Crippen LogP contribution in [0.15, 0.2) is 0 Å². The van der Waals surface area contributed by atoms with Crippen LogP contribution in [0.25, 0.3) is 0 Å². The van der Waals surface area contributed by atoms with Crippen molar-refractivity contribution in [3.8, 4) is 0 Å². The Morgan fingerprint density at radius 1 is 1.58 bits per heavy atom. The van der Waals surface area contributed by atoms with Crippen molar-refractivity contribution in [1.29, 1.82) is 0 Å². The van der Waals surface area contributed by atoms with Gasteiger partial charge < -0.3 is 4.79 Å². The summed E-state index contributed by atoms with van der Waals surface area (Å²) in [7, 11) is -1.91. The summed E-state index contributed by atoms with van der Waals surface area (Å²) >= 11 is 0. The molecule has 0 fully saturated rings. The molecule has 0 heterocycles. The van der Waals surface area contributed by atoms with E-state index in [-0.39, 0.29) is 12.8 Å². The predicted molar refractivity (Wildman–Crippen MR) is 39.5 cm³/mol. The molecule has 0 rings (SSSR count). The summed E-state index contributed by atoms with van der Waals surface area (Å²) in [6.07, 6.45) is 0.578. The van der Waals surface area contributed by atoms with Crippen LogP contribution < -0.4 is 0 Å². The summed E-state index contributed by atoms with van der Waals surface area (Å²) in [5.41, 5.74) is 0. The fourth-order valence-corrected chi connectivity index (χ4v) is 0.776. The van der Waals surface area contributed by atoms with E-state index in [2.05, 4.69) is 4.28 Å². The van der Waals surface area contributed by atoms with Gasteiger partial charge in [0.2, 0.25) is 5.91 Å². The van der Waals surface area contributed by atoms with Gasteiger partial charge in [-0.3, -0.25) is 4.79 Å². The molecule has 0 aliphatic carbocycles. The van der Waals surface area contributed by atoms with Crippen molar-refractivity contribution < 1.29 is 22.3 Å². The number of amides is 1. The monoisotopic (exact) mass is 195 g/mol. The van der Waals surface area contributed by atoms with Gasteiger partial charge in [0.05, 0.1) is 0 Å². The number of rotatable bonds is 5. The average molecular weight is 195 g/mol. The van der Waals surface area contributed by atoms with E-state index in [0.29, 0.717) is 11.3 Å². The highest BCUT2D eigenvalue weighted by Crippen LogP contribution is 1.94. The maximum absolute atomic E-state index is 10.8. The van der Waals surface area contributed by atoms with E-state index >= 15 is 0 Å². The van der Waals surface area contributed by atoms with Gasteiger partial charge >= 0.3 is 0 Å². The van der Waals surface area contributed by atoms with E-state index < -0.39 is 16.9 Å². The topological polar surface area (TPSA) is 80.8 Å². The summed E-state index contributed by atoms with van der Waals surface area (Å²) in [5.74, 6) is -0.554. The van der Waals surface area contributed by atoms with Crippen molar-refractivity contribution >= 4 is 23.2 Å². The van der Waals surface area contributed by atoms with Crippen molar-refractivity contribution in [2.24, 2.45) is 0 Å². The van der Waals surface area contributed by atoms with Crippen LogP contribution in [0.5, 0.6) is 0 Å². The number of nitrogens with zero attached hydrogens (tertiary/aromatic N) is 1. The third-order valence-corrected chi connectivity index (χ3v) is 1.39. The zero-order valence-electron chi connectivity index (χ0n) is 6.43. The first-order valence-electron chi connectivity index (χ1n) is 3.10. The zero-order valence-corrected chi connectivity index (χ0v) is 7.32. The Morgan fingerprint density at radius 3 is 2.58 bits per heavy atom. The minimum Gasteiger partial charge on any atom is -0.303 e. The van der Waals surface area contributed by atoms with Gasteiger partial charge in [-0.25, -0.2) is 13.5 Å². The maximum Gasteiger partial charge on any atom is 0.278 e. The molecule has 0 N–H and O–H groups in total. The third-order valence-electron chi connectivity index (χ3n) is 1.02. The van der Waals surface area contributed by atoms with Crippen molar-refractivity contribution in [3.05, 3.63) is 0 Å². The molecule has 0 radical (unpaired) electrons. The van der Waals surface area contributed by atoms with Crippen molar-refractivity contribution in [2.75, 3.05) is 7.05 Å². The van der Waals surface area contributed by atoms with Crippen LogP contribution in [0, 0.1) is 0 Å². The maximum atomic E-state index is 10.8. The molecule has 70 valence electrons. The van der Waals surface area contributed by atoms with Crippen LogP contribution in [-0.4, -0.2) is 32.7 Å². The summed E-state index contributed by atoms with van der Waals surface area (Å²) in [6.45, 7) is 0. The lowest BCUT2D eigenvalue weighted by atomic mass is 10.3. The highest BCUT2D eigenvalue weighted by molar-refractivity contribution is 7.67. The molecule has 0 unspecified atom stereocenters. The Balaban J connectivity index is 3.83. The molecule has 12 heavy (non-hydrogen) atoms. The molecule has 0 aliphatic heterocycles. The minimum atomic E-state index is -3.07. The van der Waals surface area contributed by atoms with E-state index in [9.17, 15) is 18.0 Å². The molecular weight excluding hydrogens is 186 g/mol. The minimum absolute atomic E-state index is 0.0524. The lowest BCUT2D eigenvalue weighted by Crippen LogP contribution is -2.26. The van der Waals surface area contributed by atoms with E-state index in [0.717, 1.165) is 7.05 Å². The largest absolute Gasteiger partial charge is 0.303 e. The molecule has 0 saturated carbocycles. The fourth-order valence-electron chi connectivity index (χ4n) is 0.485. The third kappa shape index (κ3) is 4.80. The molecule has 0 bridgehead atoms. The number of hydrogen-bond donors (Lipinski definition) is 1. The van der Waals surface area contributed by atoms with Crippen molar-refractivity contribution in [2.45, 2.75) is 12.8 Å². The lowest BCUT2D eigenvalue weighted by molar-refractivity contribution is -0.151. The Hall–Kier alpha value is -0.950. The number of aldehydes is 1. The second-order valence-corrected chi connectivity index (χ2v) is 2.51. The van der Waals surface area contributed by atoms with Crippen LogP contribution >= 0.6 is 0 Å². The van der Waals surface area contributed by atoms with Gasteiger partial charge in [-0.15, -0.1) is 4.28 Å². The zero-order chi connectivity index (χ0) is 9.56. The van der Waals surface area contributed by atoms with Gasteiger partial charge in [-0.1, -0.05) is 0 Å². The van der Waals surface area contributed by atoms with Crippen LogP contribution in [0.3, 0.4) is 0 Å². The molecule has 0 aromatic rings. The van der Waals surface area contributed by atoms with E-state index in [4.69, 9.17) is 0 Å². The number of hydrogen-bond acceptors (Lipinski definition) is 5. The van der Waals surface area contributed by atoms with Crippen molar-refractivity contribution in [3.63, 3.8) is 0 Å². The standard InChI is InChI=1S/C5H9NO5S/c1-6(11-12(9)10)5(8)3-2-4-7/h4,12H,2-3H2,1H3. The normalized spacial score (nSPS) is 9.83. The second kappa shape index (κ2) is 5.67. The summed E-state index contributed by atoms with van der Waals surface area (Å²) in [4.78, 5) is 20.6. The first-order valence-corrected chi connectivity index (χ1v) is 4.20. The molecule has 6 nitrogen and oxygen atoms in total. The van der Waals surface area contributed by atoms with Crippen LogP contribution in [0.2, 0.25) is 0 Å². The highest BCUT2D eigenvalue weighted by Gasteiger charge is 2.08. The van der Waals surface area contributed by atoms with E-state index in [1.54, 1.807) is 0 Å². The lowest BCUT2D eigenvalue weighted by Gasteiger charge is -2.10. The number of carbonyl (C=O) groups excluding carboxylic acids is 2. The van der Waals surface area contributed by atoms with Crippen molar-refractivity contribution in [1.82, 2.24) is 5.06 Å². The van der Waals surface area contributed by atoms with Gasteiger partial charge in [0.1, 0.15) is 6.29 Å². The summed E-state index contributed by atoms with van der Waals surface area (Å²) in [5, 5.41) is 0.579. The smallest absolute Gasteiger partial charge is 0.278 e. The first kappa shape index (κ1) is 11.1. The molecule has 0 spiro atoms. The van der Waals surface area contributed by atoms with Gasteiger partial charge in [-0.05, 0) is 0 Å². The number of carbonyl (C=O) groups is 2. The molecule has 0 atom stereocenters. The summed E-state index contributed by atoms with van der Waals surface area (Å²) < 4.78 is 23.9. The van der Waals surface area contributed by atoms with E-state index in [1.807, 2.05) is 0 Å². The van der Waals surface area contributed by atoms with Crippen LogP contribution in [0.4, 0.5) is 0 Å². The first-order chi connectivity index (χ1) is 5.57. The number of thiol groups is 1. The molecule has 1 amide bonds. The van der Waals surface area contributed by atoms with Crippen LogP contribution in [0.1, 0.15) is 12.8 Å². The Bertz CT molecular complexity index is 228. The molecule has 0 aromatic carbocycles. The number of hydroxylamine groups is 2. The van der Waals surface area contributed by atoms with Gasteiger partial charge in [0, 0.05) is 19.9 Å². The second-order valence-electron chi connectivity index (χ2n) is 1.90.